The molecule has 0 aromatic heterocycles. The van der Waals surface area contributed by atoms with E-state index in [1.54, 1.807) is 0 Å². The average molecular weight is 192 g/mol. The summed E-state index contributed by atoms with van der Waals surface area (Å²) in [6, 6.07) is 10.3. The quantitative estimate of drug-likeness (QED) is 0.777. The van der Waals surface area contributed by atoms with Crippen LogP contribution in [-0.4, -0.2) is 11.7 Å². The van der Waals surface area contributed by atoms with Crippen LogP contribution in [0, 0.1) is 5.92 Å². The van der Waals surface area contributed by atoms with E-state index in [1.807, 2.05) is 18.2 Å². The molecule has 14 heavy (non-hydrogen) atoms. The van der Waals surface area contributed by atoms with Crippen molar-refractivity contribution in [3.63, 3.8) is 0 Å². The Balaban J connectivity index is 3.01. The van der Waals surface area contributed by atoms with Gasteiger partial charge in [-0.2, -0.15) is 0 Å². The summed E-state index contributed by atoms with van der Waals surface area (Å²) in [6.45, 7) is 6.72. The van der Waals surface area contributed by atoms with Crippen LogP contribution in [0.1, 0.15) is 32.8 Å². The zero-order chi connectivity index (χ0) is 10.6. The van der Waals surface area contributed by atoms with Crippen molar-refractivity contribution >= 4 is 0 Å². The molecule has 0 radical (unpaired) electrons. The lowest BCUT2D eigenvalue weighted by atomic mass is 9.72. The SMILES string of the molecule is CCC(C)C(C)(CO)c1ccccc1. The standard InChI is InChI=1S/C13H20O/c1-4-11(2)13(3,10-14)12-8-6-5-7-9-12/h5-9,11,14H,4,10H2,1-3H3. The lowest BCUT2D eigenvalue weighted by Crippen LogP contribution is -2.33. The van der Waals surface area contributed by atoms with E-state index in [1.165, 1.54) is 5.56 Å². The van der Waals surface area contributed by atoms with Crippen LogP contribution in [0.4, 0.5) is 0 Å². The zero-order valence-electron chi connectivity index (χ0n) is 9.33. The van der Waals surface area contributed by atoms with E-state index in [4.69, 9.17) is 0 Å². The fraction of sp³-hybridized carbons (Fsp3) is 0.538. The smallest absolute Gasteiger partial charge is 0.0527 e. The molecule has 0 amide bonds. The lowest BCUT2D eigenvalue weighted by molar-refractivity contribution is 0.154. The number of aliphatic hydroxyl groups excluding tert-OH is 1. The second-order valence-electron chi connectivity index (χ2n) is 4.25. The summed E-state index contributed by atoms with van der Waals surface area (Å²) in [5.41, 5.74) is 1.13. The Morgan fingerprint density at radius 2 is 1.86 bits per heavy atom. The highest BCUT2D eigenvalue weighted by Gasteiger charge is 2.30. The van der Waals surface area contributed by atoms with Gasteiger partial charge in [0, 0.05) is 5.41 Å². The maximum atomic E-state index is 9.54. The van der Waals surface area contributed by atoms with Gasteiger partial charge in [-0.05, 0) is 11.5 Å². The van der Waals surface area contributed by atoms with Gasteiger partial charge in [-0.3, -0.25) is 0 Å². The molecule has 1 aromatic carbocycles. The largest absolute Gasteiger partial charge is 0.395 e. The Morgan fingerprint density at radius 1 is 1.29 bits per heavy atom. The van der Waals surface area contributed by atoms with E-state index in [2.05, 4.69) is 32.9 Å². The molecule has 0 fully saturated rings. The molecule has 0 aliphatic carbocycles. The molecule has 1 N–H and O–H groups in total. The highest BCUT2D eigenvalue weighted by atomic mass is 16.3. The van der Waals surface area contributed by atoms with Crippen molar-refractivity contribution in [3.8, 4) is 0 Å². The third-order valence-electron chi connectivity index (χ3n) is 3.46. The third kappa shape index (κ3) is 1.98. The van der Waals surface area contributed by atoms with Crippen LogP contribution in [0.25, 0.3) is 0 Å². The maximum Gasteiger partial charge on any atom is 0.0527 e. The second-order valence-corrected chi connectivity index (χ2v) is 4.25. The number of benzene rings is 1. The van der Waals surface area contributed by atoms with E-state index in [0.29, 0.717) is 5.92 Å². The minimum Gasteiger partial charge on any atom is -0.395 e. The third-order valence-corrected chi connectivity index (χ3v) is 3.46. The van der Waals surface area contributed by atoms with Gasteiger partial charge < -0.3 is 5.11 Å². The number of hydrogen-bond acceptors (Lipinski definition) is 1. The Morgan fingerprint density at radius 3 is 2.29 bits per heavy atom. The topological polar surface area (TPSA) is 20.2 Å². The predicted octanol–water partition coefficient (Wildman–Crippen LogP) is 2.98. The van der Waals surface area contributed by atoms with Gasteiger partial charge in [-0.25, -0.2) is 0 Å². The predicted molar refractivity (Wildman–Crippen MR) is 60.3 cm³/mol. The molecule has 0 bridgehead atoms. The van der Waals surface area contributed by atoms with Crippen molar-refractivity contribution in [2.24, 2.45) is 5.92 Å². The van der Waals surface area contributed by atoms with Gasteiger partial charge in [0.2, 0.25) is 0 Å². The Kier molecular flexibility index (Phi) is 3.70. The first-order valence-electron chi connectivity index (χ1n) is 5.31. The molecule has 1 rings (SSSR count). The second kappa shape index (κ2) is 4.61. The summed E-state index contributed by atoms with van der Waals surface area (Å²) < 4.78 is 0. The van der Waals surface area contributed by atoms with Crippen molar-refractivity contribution in [1.82, 2.24) is 0 Å². The normalized spacial score (nSPS) is 17.4. The molecule has 0 aliphatic rings. The Labute approximate surface area is 86.8 Å². The first-order valence-corrected chi connectivity index (χ1v) is 5.31. The molecule has 1 heteroatoms. The average Bonchev–Trinajstić information content (AvgIpc) is 2.28. The minimum absolute atomic E-state index is 0.101. The van der Waals surface area contributed by atoms with Gasteiger partial charge in [-0.15, -0.1) is 0 Å². The Bertz CT molecular complexity index is 268. The van der Waals surface area contributed by atoms with Crippen molar-refractivity contribution in [2.45, 2.75) is 32.6 Å². The first kappa shape index (κ1) is 11.3. The Hall–Kier alpha value is -0.820. The molecule has 2 unspecified atom stereocenters. The van der Waals surface area contributed by atoms with Gasteiger partial charge in [0.15, 0.2) is 0 Å². The molecule has 0 aliphatic heterocycles. The molecule has 0 heterocycles. The molecule has 1 nitrogen and oxygen atoms in total. The van der Waals surface area contributed by atoms with Gasteiger partial charge in [0.25, 0.3) is 0 Å². The van der Waals surface area contributed by atoms with Gasteiger partial charge in [-0.1, -0.05) is 57.5 Å². The van der Waals surface area contributed by atoms with Crippen LogP contribution in [-0.2, 0) is 5.41 Å². The van der Waals surface area contributed by atoms with Crippen LogP contribution >= 0.6 is 0 Å². The molecule has 0 saturated carbocycles. The van der Waals surface area contributed by atoms with Crippen LogP contribution in [0.2, 0.25) is 0 Å². The summed E-state index contributed by atoms with van der Waals surface area (Å²) in [6.07, 6.45) is 1.09. The highest BCUT2D eigenvalue weighted by Crippen LogP contribution is 2.33. The van der Waals surface area contributed by atoms with Gasteiger partial charge in [0.05, 0.1) is 6.61 Å². The summed E-state index contributed by atoms with van der Waals surface area (Å²) >= 11 is 0. The van der Waals surface area contributed by atoms with E-state index in [0.717, 1.165) is 6.42 Å². The summed E-state index contributed by atoms with van der Waals surface area (Å²) in [7, 11) is 0. The molecule has 0 spiro atoms. The molecule has 0 saturated heterocycles. The molecule has 2 atom stereocenters. The zero-order valence-corrected chi connectivity index (χ0v) is 9.33. The fourth-order valence-electron chi connectivity index (χ4n) is 1.80. The van der Waals surface area contributed by atoms with Crippen LogP contribution < -0.4 is 0 Å². The summed E-state index contributed by atoms with van der Waals surface area (Å²) in [5.74, 6) is 0.495. The van der Waals surface area contributed by atoms with Crippen molar-refractivity contribution in [1.29, 1.82) is 0 Å². The van der Waals surface area contributed by atoms with Crippen LogP contribution in [0.5, 0.6) is 0 Å². The van der Waals surface area contributed by atoms with Crippen LogP contribution in [0.15, 0.2) is 30.3 Å². The van der Waals surface area contributed by atoms with Gasteiger partial charge in [0.1, 0.15) is 0 Å². The van der Waals surface area contributed by atoms with Crippen molar-refractivity contribution in [2.75, 3.05) is 6.61 Å². The van der Waals surface area contributed by atoms with E-state index in [9.17, 15) is 5.11 Å². The first-order chi connectivity index (χ1) is 6.65. The molecule has 78 valence electrons. The minimum atomic E-state index is -0.101. The van der Waals surface area contributed by atoms with E-state index in [-0.39, 0.29) is 12.0 Å². The van der Waals surface area contributed by atoms with Gasteiger partial charge >= 0.3 is 0 Å². The number of hydrogen-bond donors (Lipinski definition) is 1. The monoisotopic (exact) mass is 192 g/mol. The van der Waals surface area contributed by atoms with Crippen molar-refractivity contribution < 1.29 is 5.11 Å². The molecule has 1 aromatic rings. The molecular formula is C13H20O. The number of aliphatic hydroxyl groups is 1. The van der Waals surface area contributed by atoms with E-state index < -0.39 is 0 Å². The summed E-state index contributed by atoms with van der Waals surface area (Å²) in [5, 5.41) is 9.54. The van der Waals surface area contributed by atoms with Crippen molar-refractivity contribution in [3.05, 3.63) is 35.9 Å². The maximum absolute atomic E-state index is 9.54. The summed E-state index contributed by atoms with van der Waals surface area (Å²) in [4.78, 5) is 0. The van der Waals surface area contributed by atoms with E-state index >= 15 is 0 Å². The lowest BCUT2D eigenvalue weighted by Gasteiger charge is -2.34. The van der Waals surface area contributed by atoms with Crippen LogP contribution in [0.3, 0.4) is 0 Å². The highest BCUT2D eigenvalue weighted by molar-refractivity contribution is 5.25. The fourth-order valence-corrected chi connectivity index (χ4v) is 1.80. The molecular weight excluding hydrogens is 172 g/mol. The number of rotatable bonds is 4.